The number of rotatable bonds is 1. The largest absolute Gasteiger partial charge is 0.480 e. The van der Waals surface area contributed by atoms with Gasteiger partial charge in [-0.15, -0.1) is 0 Å². The lowest BCUT2D eigenvalue weighted by Gasteiger charge is -2.45. The van der Waals surface area contributed by atoms with Gasteiger partial charge in [0.05, 0.1) is 5.41 Å². The first-order chi connectivity index (χ1) is 13.9. The van der Waals surface area contributed by atoms with E-state index in [1.165, 1.54) is 32.7 Å². The molecular weight excluding hydrogens is 340 g/mol. The lowest BCUT2D eigenvalue weighted by molar-refractivity contribution is 0.0706. The fraction of sp³-hybridized carbons (Fsp3) is 0.111. The fourth-order valence-electron chi connectivity index (χ4n) is 5.77. The molecule has 3 unspecified atom stereocenters. The quantitative estimate of drug-likeness (QED) is 0.292. The summed E-state index contributed by atoms with van der Waals surface area (Å²) in [6, 6.07) is 28.3. The van der Waals surface area contributed by atoms with Crippen LogP contribution < -0.4 is 4.74 Å². The van der Waals surface area contributed by atoms with Crippen LogP contribution in [0.3, 0.4) is 0 Å². The predicted octanol–water partition coefficient (Wildman–Crippen LogP) is 6.17. The van der Waals surface area contributed by atoms with Crippen molar-refractivity contribution >= 4 is 21.5 Å². The lowest BCUT2D eigenvalue weighted by atomic mass is 9.60. The smallest absolute Gasteiger partial charge is 0.154 e. The number of ether oxygens (including phenoxy) is 1. The Balaban J connectivity index is 1.73. The maximum atomic E-state index is 6.95. The fourth-order valence-corrected chi connectivity index (χ4v) is 5.77. The average Bonchev–Trinajstić information content (AvgIpc) is 3.19. The summed E-state index contributed by atoms with van der Waals surface area (Å²) in [5.41, 5.74) is 1.99. The molecule has 3 aliphatic rings. The second kappa shape index (κ2) is 4.74. The number of hydrogen-bond acceptors (Lipinski definition) is 1. The van der Waals surface area contributed by atoms with Crippen LogP contribution in [0.15, 0.2) is 103 Å². The normalized spacial score (nSPS) is 28.6. The summed E-state index contributed by atoms with van der Waals surface area (Å²) in [6.45, 7) is 0. The Labute approximate surface area is 163 Å². The molecular formula is C27H18O. The first kappa shape index (κ1) is 14.7. The van der Waals surface area contributed by atoms with Crippen molar-refractivity contribution in [3.63, 3.8) is 0 Å². The summed E-state index contributed by atoms with van der Waals surface area (Å²) in [5, 5.41) is 5.07. The predicted molar refractivity (Wildman–Crippen MR) is 114 cm³/mol. The highest BCUT2D eigenvalue weighted by Gasteiger charge is 2.67. The minimum Gasteiger partial charge on any atom is -0.480 e. The molecule has 4 aromatic carbocycles. The van der Waals surface area contributed by atoms with Gasteiger partial charge in [-0.3, -0.25) is 0 Å². The van der Waals surface area contributed by atoms with Crippen LogP contribution in [-0.2, 0) is 5.41 Å². The van der Waals surface area contributed by atoms with E-state index in [4.69, 9.17) is 4.74 Å². The Morgan fingerprint density at radius 3 is 1.93 bits per heavy atom. The topological polar surface area (TPSA) is 9.23 Å². The van der Waals surface area contributed by atoms with Crippen molar-refractivity contribution in [1.29, 1.82) is 0 Å². The number of hydrogen-bond donors (Lipinski definition) is 0. The van der Waals surface area contributed by atoms with Gasteiger partial charge in [-0.25, -0.2) is 0 Å². The first-order valence-corrected chi connectivity index (χ1v) is 9.92. The molecule has 1 aliphatic heterocycles. The lowest BCUT2D eigenvalue weighted by Crippen LogP contribution is -2.54. The van der Waals surface area contributed by atoms with Crippen molar-refractivity contribution in [2.24, 2.45) is 5.92 Å². The first-order valence-electron chi connectivity index (χ1n) is 9.92. The highest BCUT2D eigenvalue weighted by atomic mass is 16.5. The van der Waals surface area contributed by atoms with E-state index in [-0.39, 0.29) is 11.0 Å². The monoisotopic (exact) mass is 358 g/mol. The van der Waals surface area contributed by atoms with Crippen molar-refractivity contribution in [3.05, 3.63) is 114 Å². The van der Waals surface area contributed by atoms with Crippen LogP contribution in [0.1, 0.15) is 11.1 Å². The second-order valence-corrected chi connectivity index (χ2v) is 8.11. The summed E-state index contributed by atoms with van der Waals surface area (Å²) in [6.07, 6.45) is 9.30. The molecule has 0 saturated carbocycles. The molecule has 0 saturated heterocycles. The zero-order chi connectivity index (χ0) is 18.3. The molecule has 0 aromatic heterocycles. The van der Waals surface area contributed by atoms with Gasteiger partial charge in [-0.2, -0.15) is 0 Å². The van der Waals surface area contributed by atoms with Crippen molar-refractivity contribution in [1.82, 2.24) is 0 Å². The highest BCUT2D eigenvalue weighted by Crippen LogP contribution is 2.66. The van der Waals surface area contributed by atoms with Gasteiger partial charge >= 0.3 is 0 Å². The standard InChI is InChI=1S/C27H18O/c1-2-8-18(9-3-1)26-16-14-19-15-17-27(19,26)28-25-23-13-7-5-11-21(23)20-10-4-6-12-22(20)24(25)26/h1-17,19H. The van der Waals surface area contributed by atoms with Crippen LogP contribution in [0.5, 0.6) is 5.75 Å². The molecule has 4 aromatic rings. The Bertz CT molecular complexity index is 1350. The molecule has 1 heteroatoms. The molecule has 7 rings (SSSR count). The maximum absolute atomic E-state index is 6.95. The van der Waals surface area contributed by atoms with Gasteiger partial charge in [0.15, 0.2) is 5.60 Å². The van der Waals surface area contributed by atoms with E-state index in [1.54, 1.807) is 0 Å². The third kappa shape index (κ3) is 1.42. The van der Waals surface area contributed by atoms with Gasteiger partial charge in [0.25, 0.3) is 0 Å². The van der Waals surface area contributed by atoms with Gasteiger partial charge in [-0.05, 0) is 27.8 Å². The van der Waals surface area contributed by atoms with Crippen molar-refractivity contribution in [3.8, 4) is 5.75 Å². The molecule has 0 amide bonds. The highest BCUT2D eigenvalue weighted by molar-refractivity contribution is 6.13. The van der Waals surface area contributed by atoms with Crippen LogP contribution in [0.2, 0.25) is 0 Å². The van der Waals surface area contributed by atoms with Gasteiger partial charge < -0.3 is 4.74 Å². The van der Waals surface area contributed by atoms with Crippen LogP contribution in [-0.4, -0.2) is 5.60 Å². The maximum Gasteiger partial charge on any atom is 0.154 e. The van der Waals surface area contributed by atoms with E-state index in [9.17, 15) is 0 Å². The SMILES string of the molecule is C1=CC2(c3ccccc3)c3c(c4ccccc4c4ccccc34)OC23C=CC13. The van der Waals surface area contributed by atoms with Gasteiger partial charge in [0, 0.05) is 16.9 Å². The number of benzene rings is 4. The number of fused-ring (bicyclic) bond motifs is 7. The molecule has 0 N–H and O–H groups in total. The summed E-state index contributed by atoms with van der Waals surface area (Å²) in [5.74, 6) is 1.37. The zero-order valence-corrected chi connectivity index (χ0v) is 15.3. The van der Waals surface area contributed by atoms with Gasteiger partial charge in [-0.1, -0.05) is 97.1 Å². The molecule has 2 aliphatic carbocycles. The Hall–Kier alpha value is -3.32. The van der Waals surface area contributed by atoms with E-state index in [2.05, 4.69) is 103 Å². The van der Waals surface area contributed by atoms with Crippen LogP contribution >= 0.6 is 0 Å². The minimum absolute atomic E-state index is 0.285. The van der Waals surface area contributed by atoms with E-state index >= 15 is 0 Å². The molecule has 1 spiro atoms. The summed E-state index contributed by atoms with van der Waals surface area (Å²) in [7, 11) is 0. The van der Waals surface area contributed by atoms with Crippen molar-refractivity contribution < 1.29 is 4.74 Å². The summed E-state index contributed by atoms with van der Waals surface area (Å²) >= 11 is 0. The minimum atomic E-state index is -0.344. The second-order valence-electron chi connectivity index (χ2n) is 8.11. The van der Waals surface area contributed by atoms with Gasteiger partial charge in [0.2, 0.25) is 0 Å². The van der Waals surface area contributed by atoms with E-state index in [1.807, 2.05) is 0 Å². The molecule has 0 fully saturated rings. The summed E-state index contributed by atoms with van der Waals surface area (Å²) < 4.78 is 6.95. The van der Waals surface area contributed by atoms with Crippen molar-refractivity contribution in [2.75, 3.05) is 0 Å². The molecule has 3 atom stereocenters. The van der Waals surface area contributed by atoms with E-state index in [0.717, 1.165) is 5.75 Å². The molecule has 1 nitrogen and oxygen atoms in total. The molecule has 132 valence electrons. The molecule has 28 heavy (non-hydrogen) atoms. The molecule has 1 heterocycles. The molecule has 0 radical (unpaired) electrons. The van der Waals surface area contributed by atoms with Crippen molar-refractivity contribution in [2.45, 2.75) is 11.0 Å². The van der Waals surface area contributed by atoms with E-state index in [0.29, 0.717) is 5.92 Å². The van der Waals surface area contributed by atoms with E-state index < -0.39 is 0 Å². The third-order valence-corrected chi connectivity index (χ3v) is 7.00. The molecule has 0 bridgehead atoms. The third-order valence-electron chi connectivity index (χ3n) is 7.00. The Morgan fingerprint density at radius 2 is 1.21 bits per heavy atom. The average molecular weight is 358 g/mol. The van der Waals surface area contributed by atoms with Crippen LogP contribution in [0.25, 0.3) is 21.5 Å². The Morgan fingerprint density at radius 1 is 0.607 bits per heavy atom. The van der Waals surface area contributed by atoms with Crippen LogP contribution in [0, 0.1) is 5.92 Å². The Kier molecular flexibility index (Phi) is 2.49. The van der Waals surface area contributed by atoms with Crippen LogP contribution in [0.4, 0.5) is 0 Å². The van der Waals surface area contributed by atoms with Gasteiger partial charge in [0.1, 0.15) is 5.75 Å². The zero-order valence-electron chi connectivity index (χ0n) is 15.3. The summed E-state index contributed by atoms with van der Waals surface area (Å²) in [4.78, 5) is 0.